The topological polar surface area (TPSA) is 56.7 Å². The molecular formula is C16H24F3IN4OS. The summed E-state index contributed by atoms with van der Waals surface area (Å²) in [6, 6.07) is 5.05. The van der Waals surface area contributed by atoms with Gasteiger partial charge in [0.2, 0.25) is 5.91 Å². The van der Waals surface area contributed by atoms with Crippen molar-refractivity contribution >= 4 is 47.6 Å². The van der Waals surface area contributed by atoms with Gasteiger partial charge < -0.3 is 15.5 Å². The van der Waals surface area contributed by atoms with E-state index >= 15 is 0 Å². The first-order valence-corrected chi connectivity index (χ1v) is 9.01. The van der Waals surface area contributed by atoms with E-state index in [0.29, 0.717) is 18.1 Å². The number of amides is 1. The van der Waals surface area contributed by atoms with Crippen LogP contribution in [0.4, 0.5) is 13.2 Å². The Morgan fingerprint density at radius 3 is 2.54 bits per heavy atom. The second kappa shape index (κ2) is 12.3. The van der Waals surface area contributed by atoms with E-state index in [4.69, 9.17) is 0 Å². The van der Waals surface area contributed by atoms with E-state index in [-0.39, 0.29) is 43.0 Å². The van der Waals surface area contributed by atoms with E-state index in [2.05, 4.69) is 15.6 Å². The van der Waals surface area contributed by atoms with Crippen LogP contribution in [0.15, 0.2) is 29.3 Å². The maximum Gasteiger partial charge on any atom is 0.416 e. The number of likely N-dealkylation sites (N-methyl/N-ethyl adjacent to an activating group) is 1. The molecule has 0 aromatic heterocycles. The molecule has 10 heteroatoms. The van der Waals surface area contributed by atoms with Crippen molar-refractivity contribution in [1.29, 1.82) is 0 Å². The van der Waals surface area contributed by atoms with Crippen molar-refractivity contribution < 1.29 is 18.0 Å². The summed E-state index contributed by atoms with van der Waals surface area (Å²) in [6.07, 6.45) is -2.42. The van der Waals surface area contributed by atoms with E-state index in [0.717, 1.165) is 17.9 Å². The average molecular weight is 504 g/mol. The monoisotopic (exact) mass is 504 g/mol. The summed E-state index contributed by atoms with van der Waals surface area (Å²) in [5.41, 5.74) is -0.257. The number of carbonyl (C=O) groups excluding carboxylic acids is 1. The number of nitrogens with zero attached hydrogens (tertiary/aromatic N) is 2. The largest absolute Gasteiger partial charge is 0.416 e. The van der Waals surface area contributed by atoms with Crippen LogP contribution in [0.1, 0.15) is 11.1 Å². The van der Waals surface area contributed by atoms with Gasteiger partial charge in [-0.2, -0.15) is 24.9 Å². The van der Waals surface area contributed by atoms with Gasteiger partial charge in [0, 0.05) is 26.4 Å². The summed E-state index contributed by atoms with van der Waals surface area (Å²) in [4.78, 5) is 17.4. The summed E-state index contributed by atoms with van der Waals surface area (Å²) in [7, 11) is 3.29. The molecule has 26 heavy (non-hydrogen) atoms. The molecule has 0 bridgehead atoms. The van der Waals surface area contributed by atoms with Crippen molar-refractivity contribution in [3.63, 3.8) is 0 Å². The summed E-state index contributed by atoms with van der Waals surface area (Å²) in [5, 5.41) is 5.95. The molecule has 5 nitrogen and oxygen atoms in total. The van der Waals surface area contributed by atoms with Crippen LogP contribution in [0.5, 0.6) is 0 Å². The van der Waals surface area contributed by atoms with Crippen LogP contribution in [0, 0.1) is 0 Å². The molecule has 0 saturated heterocycles. The lowest BCUT2D eigenvalue weighted by atomic mass is 10.1. The normalized spacial score (nSPS) is 11.5. The number of nitrogens with one attached hydrogen (secondary N) is 2. The van der Waals surface area contributed by atoms with Crippen LogP contribution in [-0.4, -0.2) is 56.0 Å². The molecule has 0 aliphatic rings. The van der Waals surface area contributed by atoms with Gasteiger partial charge in [0.05, 0.1) is 18.7 Å². The van der Waals surface area contributed by atoms with E-state index < -0.39 is 11.7 Å². The lowest BCUT2D eigenvalue weighted by molar-refractivity contribution is -0.137. The fraction of sp³-hybridized carbons (Fsp3) is 0.500. The molecule has 0 spiro atoms. The minimum absolute atomic E-state index is 0. The zero-order chi connectivity index (χ0) is 18.9. The summed E-state index contributed by atoms with van der Waals surface area (Å²) < 4.78 is 38.3. The Bertz CT molecular complexity index is 597. The zero-order valence-corrected chi connectivity index (χ0v) is 18.0. The molecule has 0 heterocycles. The van der Waals surface area contributed by atoms with Gasteiger partial charge in [-0.05, 0) is 24.0 Å². The van der Waals surface area contributed by atoms with Crippen molar-refractivity contribution in [1.82, 2.24) is 15.5 Å². The van der Waals surface area contributed by atoms with Crippen LogP contribution in [-0.2, 0) is 17.5 Å². The van der Waals surface area contributed by atoms with Gasteiger partial charge >= 0.3 is 6.18 Å². The highest BCUT2D eigenvalue weighted by molar-refractivity contribution is 14.0. The fourth-order valence-electron chi connectivity index (χ4n) is 1.78. The molecule has 0 aliphatic carbocycles. The van der Waals surface area contributed by atoms with Crippen LogP contribution >= 0.6 is 35.7 Å². The molecule has 0 unspecified atom stereocenters. The number of rotatable bonds is 7. The lowest BCUT2D eigenvalue weighted by Gasteiger charge is -2.15. The quantitative estimate of drug-likeness (QED) is 0.260. The van der Waals surface area contributed by atoms with Crippen LogP contribution in [0.3, 0.4) is 0 Å². The number of halogens is 4. The van der Waals surface area contributed by atoms with Crippen LogP contribution in [0.25, 0.3) is 0 Å². The maximum atomic E-state index is 12.8. The number of hydrogen-bond acceptors (Lipinski definition) is 3. The first-order valence-electron chi connectivity index (χ1n) is 7.61. The van der Waals surface area contributed by atoms with Gasteiger partial charge in [-0.25, -0.2) is 4.99 Å². The first kappa shape index (κ1) is 24.8. The van der Waals surface area contributed by atoms with Crippen molar-refractivity contribution in [3.8, 4) is 0 Å². The Labute approximate surface area is 173 Å². The molecule has 0 fully saturated rings. The van der Waals surface area contributed by atoms with Gasteiger partial charge in [-0.3, -0.25) is 4.79 Å². The molecule has 1 aromatic carbocycles. The predicted octanol–water partition coefficient (Wildman–Crippen LogP) is 2.81. The minimum Gasteiger partial charge on any atom is -0.356 e. The summed E-state index contributed by atoms with van der Waals surface area (Å²) in [6.45, 7) is 0.765. The highest BCUT2D eigenvalue weighted by atomic mass is 127. The lowest BCUT2D eigenvalue weighted by Crippen LogP contribution is -2.43. The molecule has 1 rings (SSSR count). The maximum absolute atomic E-state index is 12.8. The molecule has 0 radical (unpaired) electrons. The molecule has 2 N–H and O–H groups in total. The molecule has 0 atom stereocenters. The molecule has 1 amide bonds. The van der Waals surface area contributed by atoms with Crippen LogP contribution in [0.2, 0.25) is 0 Å². The standard InChI is InChI=1S/C16H23F3N4OS.HI/c1-23(2)14(24)11-22-15(20-7-8-25-3)21-10-12-5-4-6-13(9-12)16(17,18)19;/h4-6,9H,7-8,10-11H2,1-3H3,(H2,20,21,22);1H. The number of carbonyl (C=O) groups is 1. The zero-order valence-electron chi connectivity index (χ0n) is 14.9. The molecule has 0 saturated carbocycles. The third-order valence-corrected chi connectivity index (χ3v) is 3.79. The fourth-order valence-corrected chi connectivity index (χ4v) is 2.09. The Morgan fingerprint density at radius 1 is 1.27 bits per heavy atom. The third-order valence-electron chi connectivity index (χ3n) is 3.18. The van der Waals surface area contributed by atoms with Crippen LogP contribution < -0.4 is 10.6 Å². The Morgan fingerprint density at radius 2 is 1.96 bits per heavy atom. The second-order valence-electron chi connectivity index (χ2n) is 5.42. The van der Waals surface area contributed by atoms with Gasteiger partial charge in [0.1, 0.15) is 0 Å². The first-order chi connectivity index (χ1) is 11.7. The predicted molar refractivity (Wildman–Crippen MR) is 111 cm³/mol. The minimum atomic E-state index is -4.38. The van der Waals surface area contributed by atoms with Crippen molar-refractivity contribution in [2.75, 3.05) is 39.2 Å². The van der Waals surface area contributed by atoms with E-state index in [1.54, 1.807) is 31.9 Å². The van der Waals surface area contributed by atoms with Crippen molar-refractivity contribution in [2.24, 2.45) is 4.99 Å². The van der Waals surface area contributed by atoms with Crippen molar-refractivity contribution in [2.45, 2.75) is 12.7 Å². The Balaban J connectivity index is 0.00000625. The highest BCUT2D eigenvalue weighted by Crippen LogP contribution is 2.29. The third kappa shape index (κ3) is 9.51. The molecular weight excluding hydrogens is 480 g/mol. The molecule has 0 aliphatic heterocycles. The summed E-state index contributed by atoms with van der Waals surface area (Å²) in [5.74, 6) is 1.10. The SMILES string of the molecule is CSCCNC(=NCc1cccc(C(F)(F)F)c1)NCC(=O)N(C)C.I. The second-order valence-corrected chi connectivity index (χ2v) is 6.41. The van der Waals surface area contributed by atoms with E-state index in [1.165, 1.54) is 11.0 Å². The van der Waals surface area contributed by atoms with Gasteiger partial charge in [-0.15, -0.1) is 24.0 Å². The number of benzene rings is 1. The number of alkyl halides is 3. The van der Waals surface area contributed by atoms with E-state index in [9.17, 15) is 18.0 Å². The average Bonchev–Trinajstić information content (AvgIpc) is 2.56. The number of aliphatic imine (C=N–C) groups is 1. The van der Waals surface area contributed by atoms with Gasteiger partial charge in [0.25, 0.3) is 0 Å². The van der Waals surface area contributed by atoms with Gasteiger partial charge in [-0.1, -0.05) is 12.1 Å². The Kier molecular flexibility index (Phi) is 11.7. The highest BCUT2D eigenvalue weighted by Gasteiger charge is 2.30. The van der Waals surface area contributed by atoms with Crippen molar-refractivity contribution in [3.05, 3.63) is 35.4 Å². The number of thioether (sulfide) groups is 1. The van der Waals surface area contributed by atoms with E-state index in [1.807, 2.05) is 6.26 Å². The number of guanidine groups is 1. The number of hydrogen-bond donors (Lipinski definition) is 2. The smallest absolute Gasteiger partial charge is 0.356 e. The summed E-state index contributed by atoms with van der Waals surface area (Å²) >= 11 is 1.65. The molecule has 148 valence electrons. The van der Waals surface area contributed by atoms with Gasteiger partial charge in [0.15, 0.2) is 5.96 Å². The molecule has 1 aromatic rings. The Hall–Kier alpha value is -1.17.